The maximum atomic E-state index is 12.3. The molecular formula is C14H10BrClO. The molecule has 0 amide bonds. The molecule has 0 heterocycles. The molecule has 0 atom stereocenters. The Hall–Kier alpha value is -1.12. The van der Waals surface area contributed by atoms with Gasteiger partial charge >= 0.3 is 0 Å². The number of benzene rings is 2. The first-order valence-corrected chi connectivity index (χ1v) is 6.32. The van der Waals surface area contributed by atoms with Crippen LogP contribution in [-0.2, 0) is 0 Å². The summed E-state index contributed by atoms with van der Waals surface area (Å²) in [5.41, 5.74) is 2.18. The molecule has 17 heavy (non-hydrogen) atoms. The van der Waals surface area contributed by atoms with Gasteiger partial charge in [-0.3, -0.25) is 4.79 Å². The lowest BCUT2D eigenvalue weighted by Crippen LogP contribution is -2.04. The number of ketones is 1. The summed E-state index contributed by atoms with van der Waals surface area (Å²) in [5.74, 6) is -0.0411. The molecule has 1 nitrogen and oxygen atoms in total. The van der Waals surface area contributed by atoms with Crippen LogP contribution in [0.15, 0.2) is 46.9 Å². The minimum absolute atomic E-state index is 0.0411. The van der Waals surface area contributed by atoms with E-state index in [0.717, 1.165) is 10.0 Å². The van der Waals surface area contributed by atoms with E-state index in [-0.39, 0.29) is 5.78 Å². The van der Waals surface area contributed by atoms with Crippen LogP contribution in [0.1, 0.15) is 21.5 Å². The number of hydrogen-bond donors (Lipinski definition) is 0. The molecule has 0 spiro atoms. The Morgan fingerprint density at radius 2 is 1.82 bits per heavy atom. The van der Waals surface area contributed by atoms with Crippen molar-refractivity contribution in [2.45, 2.75) is 6.92 Å². The normalized spacial score (nSPS) is 10.3. The van der Waals surface area contributed by atoms with Crippen LogP contribution >= 0.6 is 27.5 Å². The Morgan fingerprint density at radius 1 is 1.12 bits per heavy atom. The summed E-state index contributed by atoms with van der Waals surface area (Å²) < 4.78 is 0.865. The van der Waals surface area contributed by atoms with E-state index in [0.29, 0.717) is 16.1 Å². The van der Waals surface area contributed by atoms with Crippen molar-refractivity contribution in [1.82, 2.24) is 0 Å². The van der Waals surface area contributed by atoms with Crippen molar-refractivity contribution in [2.75, 3.05) is 0 Å². The van der Waals surface area contributed by atoms with Gasteiger partial charge in [0.15, 0.2) is 5.78 Å². The maximum Gasteiger partial charge on any atom is 0.194 e. The first kappa shape index (κ1) is 12.3. The van der Waals surface area contributed by atoms with Gasteiger partial charge in [0, 0.05) is 15.6 Å². The fourth-order valence-electron chi connectivity index (χ4n) is 1.65. The summed E-state index contributed by atoms with van der Waals surface area (Å²) in [6.45, 7) is 1.92. The Balaban J connectivity index is 2.48. The Kier molecular flexibility index (Phi) is 3.65. The van der Waals surface area contributed by atoms with E-state index < -0.39 is 0 Å². The van der Waals surface area contributed by atoms with Crippen molar-refractivity contribution in [3.8, 4) is 0 Å². The second-order valence-electron chi connectivity index (χ2n) is 3.77. The molecule has 0 N–H and O–H groups in total. The molecule has 3 heteroatoms. The van der Waals surface area contributed by atoms with Crippen LogP contribution in [0, 0.1) is 6.92 Å². The fraction of sp³-hybridized carbons (Fsp3) is 0.0714. The second-order valence-corrected chi connectivity index (χ2v) is 5.09. The molecule has 0 saturated heterocycles. The topological polar surface area (TPSA) is 17.1 Å². The van der Waals surface area contributed by atoms with Crippen molar-refractivity contribution in [3.63, 3.8) is 0 Å². The maximum absolute atomic E-state index is 12.3. The van der Waals surface area contributed by atoms with Crippen LogP contribution < -0.4 is 0 Å². The van der Waals surface area contributed by atoms with E-state index in [1.54, 1.807) is 12.1 Å². The highest BCUT2D eigenvalue weighted by Gasteiger charge is 2.14. The zero-order valence-electron chi connectivity index (χ0n) is 9.21. The van der Waals surface area contributed by atoms with E-state index in [9.17, 15) is 4.79 Å². The highest BCUT2D eigenvalue weighted by Crippen LogP contribution is 2.24. The van der Waals surface area contributed by atoms with Crippen LogP contribution in [0.25, 0.3) is 0 Å². The molecule has 0 aliphatic heterocycles. The van der Waals surface area contributed by atoms with Crippen LogP contribution in [0.4, 0.5) is 0 Å². The largest absolute Gasteiger partial charge is 0.289 e. The molecule has 0 aliphatic carbocycles. The van der Waals surface area contributed by atoms with Crippen LogP contribution in [0.2, 0.25) is 5.02 Å². The quantitative estimate of drug-likeness (QED) is 0.738. The van der Waals surface area contributed by atoms with E-state index in [1.165, 1.54) is 0 Å². The van der Waals surface area contributed by atoms with E-state index in [4.69, 9.17) is 11.6 Å². The predicted octanol–water partition coefficient (Wildman–Crippen LogP) is 4.64. The molecule has 0 unspecified atom stereocenters. The van der Waals surface area contributed by atoms with E-state index in [2.05, 4.69) is 15.9 Å². The van der Waals surface area contributed by atoms with Gasteiger partial charge < -0.3 is 0 Å². The third-order valence-electron chi connectivity index (χ3n) is 2.57. The zero-order valence-corrected chi connectivity index (χ0v) is 11.5. The standard InChI is InChI=1S/C14H10BrClO/c1-9-4-2-3-5-11(9)14(17)12-7-6-10(15)8-13(12)16/h2-8H,1H3. The number of aryl methyl sites for hydroxylation is 1. The first-order chi connectivity index (χ1) is 8.09. The van der Waals surface area contributed by atoms with Crippen molar-refractivity contribution in [3.05, 3.63) is 68.7 Å². The monoisotopic (exact) mass is 308 g/mol. The Morgan fingerprint density at radius 3 is 2.47 bits per heavy atom. The zero-order chi connectivity index (χ0) is 12.4. The lowest BCUT2D eigenvalue weighted by molar-refractivity contribution is 0.103. The van der Waals surface area contributed by atoms with Gasteiger partial charge in [0.05, 0.1) is 5.02 Å². The van der Waals surface area contributed by atoms with Crippen molar-refractivity contribution >= 4 is 33.3 Å². The molecule has 0 radical (unpaired) electrons. The molecule has 0 saturated carbocycles. The van der Waals surface area contributed by atoms with Gasteiger partial charge in [-0.25, -0.2) is 0 Å². The number of hydrogen-bond acceptors (Lipinski definition) is 1. The average molecular weight is 310 g/mol. The molecule has 0 fully saturated rings. The average Bonchev–Trinajstić information content (AvgIpc) is 2.29. The highest BCUT2D eigenvalue weighted by molar-refractivity contribution is 9.10. The third kappa shape index (κ3) is 2.59. The molecule has 0 bridgehead atoms. The van der Waals surface area contributed by atoms with Crippen LogP contribution in [0.3, 0.4) is 0 Å². The lowest BCUT2D eigenvalue weighted by Gasteiger charge is -2.06. The fourth-order valence-corrected chi connectivity index (χ4v) is 2.41. The van der Waals surface area contributed by atoms with Crippen molar-refractivity contribution < 1.29 is 4.79 Å². The van der Waals surface area contributed by atoms with Gasteiger partial charge in [-0.15, -0.1) is 0 Å². The summed E-state index contributed by atoms with van der Waals surface area (Å²) in [4.78, 5) is 12.3. The van der Waals surface area contributed by atoms with Gasteiger partial charge in [-0.1, -0.05) is 51.8 Å². The first-order valence-electron chi connectivity index (χ1n) is 5.15. The molecule has 0 aliphatic rings. The van der Waals surface area contributed by atoms with E-state index >= 15 is 0 Å². The minimum atomic E-state index is -0.0411. The van der Waals surface area contributed by atoms with Crippen molar-refractivity contribution in [1.29, 1.82) is 0 Å². The molecule has 2 rings (SSSR count). The number of carbonyl (C=O) groups is 1. The summed E-state index contributed by atoms with van der Waals surface area (Å²) in [7, 11) is 0. The summed E-state index contributed by atoms with van der Waals surface area (Å²) in [6, 6.07) is 12.8. The molecule has 2 aromatic rings. The minimum Gasteiger partial charge on any atom is -0.289 e. The van der Waals surface area contributed by atoms with Gasteiger partial charge in [-0.05, 0) is 30.7 Å². The summed E-state index contributed by atoms with van der Waals surface area (Å²) in [5, 5.41) is 0.465. The second kappa shape index (κ2) is 5.03. The van der Waals surface area contributed by atoms with Gasteiger partial charge in [0.2, 0.25) is 0 Å². The molecular weight excluding hydrogens is 300 g/mol. The van der Waals surface area contributed by atoms with E-state index in [1.807, 2.05) is 37.3 Å². The summed E-state index contributed by atoms with van der Waals surface area (Å²) >= 11 is 9.40. The van der Waals surface area contributed by atoms with Crippen molar-refractivity contribution in [2.24, 2.45) is 0 Å². The number of halogens is 2. The Labute approximate surface area is 114 Å². The Bertz CT molecular complexity index is 578. The van der Waals surface area contributed by atoms with Crippen LogP contribution in [-0.4, -0.2) is 5.78 Å². The lowest BCUT2D eigenvalue weighted by atomic mass is 9.99. The third-order valence-corrected chi connectivity index (χ3v) is 3.37. The molecule has 2 aromatic carbocycles. The SMILES string of the molecule is Cc1ccccc1C(=O)c1ccc(Br)cc1Cl. The number of rotatable bonds is 2. The van der Waals surface area contributed by atoms with Gasteiger partial charge in [-0.2, -0.15) is 0 Å². The summed E-state index contributed by atoms with van der Waals surface area (Å²) in [6.07, 6.45) is 0. The predicted molar refractivity (Wildman–Crippen MR) is 73.8 cm³/mol. The smallest absolute Gasteiger partial charge is 0.194 e. The number of carbonyl (C=O) groups excluding carboxylic acids is 1. The van der Waals surface area contributed by atoms with Gasteiger partial charge in [0.1, 0.15) is 0 Å². The van der Waals surface area contributed by atoms with Crippen LogP contribution in [0.5, 0.6) is 0 Å². The highest BCUT2D eigenvalue weighted by atomic mass is 79.9. The molecule has 0 aromatic heterocycles. The molecule has 86 valence electrons. The van der Waals surface area contributed by atoms with Gasteiger partial charge in [0.25, 0.3) is 0 Å².